The number of aliphatic hydroxyl groups excluding tert-OH is 2. The van der Waals surface area contributed by atoms with Crippen LogP contribution in [0, 0.1) is 11.8 Å². The lowest BCUT2D eigenvalue weighted by molar-refractivity contribution is -0.149. The van der Waals surface area contributed by atoms with E-state index in [9.17, 15) is 93.0 Å². The van der Waals surface area contributed by atoms with Gasteiger partial charge in [-0.05, 0) is 73.5 Å². The first-order valence-corrected chi connectivity index (χ1v) is 38.5. The summed E-state index contributed by atoms with van der Waals surface area (Å²) < 4.78 is 0. The number of carbonyl (C=O) groups excluding carboxylic acids is 9. The van der Waals surface area contributed by atoms with Gasteiger partial charge >= 0.3 is 23.9 Å². The summed E-state index contributed by atoms with van der Waals surface area (Å²) in [6.07, 6.45) is -0.801. The molecule has 3 fully saturated rings. The third-order valence-electron chi connectivity index (χ3n) is 18.4. The summed E-state index contributed by atoms with van der Waals surface area (Å²) in [5.41, 5.74) is 8.66. The number of fused-ring (bicyclic) bond motifs is 4. The molecule has 6 rings (SSSR count). The smallest absolute Gasteiger partial charge is 0.317 e. The van der Waals surface area contributed by atoms with E-state index >= 15 is 0 Å². The number of nitrogens with zero attached hydrogens (tertiary/aromatic N) is 6. The number of hydrogen-bond acceptors (Lipinski definition) is 22. The van der Waals surface area contributed by atoms with Crippen molar-refractivity contribution in [2.75, 3.05) is 109 Å². The van der Waals surface area contributed by atoms with E-state index in [2.05, 4.69) is 16.0 Å². The minimum atomic E-state index is -1.78. The third-order valence-corrected chi connectivity index (χ3v) is 21.9. The Bertz CT molecular complexity index is 3180. The van der Waals surface area contributed by atoms with Crippen LogP contribution in [0.25, 0.3) is 0 Å². The minimum absolute atomic E-state index is 0. The second-order valence-corrected chi connectivity index (χ2v) is 30.1. The normalized spacial score (nSPS) is 23.9. The van der Waals surface area contributed by atoms with Crippen LogP contribution >= 0.6 is 35.3 Å². The van der Waals surface area contributed by atoms with Crippen molar-refractivity contribution in [3.05, 3.63) is 70.8 Å². The van der Waals surface area contributed by atoms with Crippen LogP contribution in [0.4, 0.5) is 0 Å². The molecule has 6 amide bonds. The van der Waals surface area contributed by atoms with Crippen LogP contribution in [0.3, 0.4) is 0 Å². The number of ketones is 3. The highest BCUT2D eigenvalue weighted by molar-refractivity contribution is 7.99. The van der Waals surface area contributed by atoms with Crippen molar-refractivity contribution in [3.63, 3.8) is 0 Å². The number of benzene rings is 2. The van der Waals surface area contributed by atoms with Crippen molar-refractivity contribution < 1.29 is 93.0 Å². The third kappa shape index (κ3) is 30.2. The number of hydrogen-bond donors (Lipinski definition) is 10. The lowest BCUT2D eigenvalue weighted by atomic mass is 9.95. The SMILES string of the molecule is C.CCCCCC(=O)C[C@H]1CSCc2cc(CSCCCC(=O)CN3CCN(CC(=O)O)CCN(CC(=O)O)CCN(CC(=O)O)CC3)cc(c2)CSC[C@@H](C(=O)O)CC(=O)[C@H](Cc2ccccc2)NC(=O)[C@H](CCC(N)=O)NC(=O)[C@H]([C@@H](C)O)NC(=O)[C@@H]2C[C@@H](O)CN2C(=O)[C@@H]2CCCN2C1=O. The summed E-state index contributed by atoms with van der Waals surface area (Å²) in [6, 6.07) is 7.34. The number of amides is 6. The largest absolute Gasteiger partial charge is 0.481 e. The van der Waals surface area contributed by atoms with E-state index < -0.39 is 139 Å². The monoisotopic (exact) mass is 1500 g/mol. The van der Waals surface area contributed by atoms with Crippen LogP contribution in [0.5, 0.6) is 0 Å². The number of carboxylic acids is 4. The molecule has 103 heavy (non-hydrogen) atoms. The van der Waals surface area contributed by atoms with Crippen molar-refractivity contribution in [2.45, 2.75) is 171 Å². The standard InChI is InChI=1S/C70H102N10O19S3.CH4/c1-3-4-6-13-52(82)32-50-43-101-41-48-28-47(40-100-27-10-14-53(83)35-75-19-21-76(37-61(87)88)23-25-78(39-63(91)92)26-24-77(22-20-75)38-62(89)90)29-49(30-48)42-102-44-51(70(98)99)33-59(85)56(31-46-11-7-5-8-12-46)73-65(93)55(16-17-60(71)86)72-67(95)64(45(2)81)74-66(94)58-34-54(84)36-80(58)69(97)57-15-9-18-79(57)68(50)96;/h5,7-8,11-12,28-30,45,50-51,54-58,64,81,84H,3-4,6,9-10,13-27,31-44H2,1-2H3,(H2,71,86)(H,72,95)(H,73,93)(H,74,94)(H,87,88)(H,89,90)(H,91,92)(H,98,99);1H4/t45-,50+,51+,54-,55+,56+,57+,58+,64+;/m1./s1. The van der Waals surface area contributed by atoms with Crippen molar-refractivity contribution in [1.29, 1.82) is 0 Å². The summed E-state index contributed by atoms with van der Waals surface area (Å²) in [5, 5.41) is 69.2. The van der Waals surface area contributed by atoms with E-state index in [1.807, 2.05) is 30.0 Å². The molecular weight excluding hydrogens is 1390 g/mol. The molecule has 9 atom stereocenters. The molecule has 572 valence electrons. The second-order valence-electron chi connectivity index (χ2n) is 26.9. The summed E-state index contributed by atoms with van der Waals surface area (Å²) in [6.45, 7) is 4.28. The van der Waals surface area contributed by atoms with Gasteiger partial charge in [-0.1, -0.05) is 75.7 Å². The number of primary amides is 1. The maximum atomic E-state index is 15.0. The fraction of sp³-hybridized carbons (Fsp3) is 0.648. The maximum absolute atomic E-state index is 15.0. The Hall–Kier alpha value is -7.04. The highest BCUT2D eigenvalue weighted by atomic mass is 32.2. The van der Waals surface area contributed by atoms with Gasteiger partial charge in [0.2, 0.25) is 35.4 Å². The van der Waals surface area contributed by atoms with Crippen molar-refractivity contribution in [3.8, 4) is 0 Å². The van der Waals surface area contributed by atoms with Crippen LogP contribution in [-0.4, -0.2) is 288 Å². The molecule has 4 heterocycles. The van der Waals surface area contributed by atoms with Gasteiger partial charge in [0.05, 0.1) is 56.3 Å². The van der Waals surface area contributed by atoms with Gasteiger partial charge in [0.25, 0.3) is 0 Å². The number of Topliss-reactive ketones (excluding diaryl/α,β-unsaturated/α-hetero) is 3. The van der Waals surface area contributed by atoms with Crippen molar-refractivity contribution >= 4 is 112 Å². The van der Waals surface area contributed by atoms with E-state index in [1.54, 1.807) is 56.8 Å². The Morgan fingerprint density at radius 1 is 0.631 bits per heavy atom. The molecule has 4 aliphatic heterocycles. The highest BCUT2D eigenvalue weighted by Gasteiger charge is 2.47. The Balaban J connectivity index is 0.0000191. The van der Waals surface area contributed by atoms with E-state index in [0.717, 1.165) is 34.4 Å². The van der Waals surface area contributed by atoms with Gasteiger partial charge < -0.3 is 62.1 Å². The zero-order chi connectivity index (χ0) is 74.4. The predicted molar refractivity (Wildman–Crippen MR) is 389 cm³/mol. The van der Waals surface area contributed by atoms with Gasteiger partial charge in [0, 0.05) is 133 Å². The molecular formula is C71H106N10O19S3. The average molecular weight is 1500 g/mol. The second kappa shape index (κ2) is 44.7. The van der Waals surface area contributed by atoms with E-state index in [-0.39, 0.29) is 153 Å². The number of thioether (sulfide) groups is 3. The molecule has 32 heteroatoms. The summed E-state index contributed by atoms with van der Waals surface area (Å²) in [5.74, 6) is -10.5. The lowest BCUT2D eigenvalue weighted by Crippen LogP contribution is -2.61. The molecule has 2 bridgehead atoms. The molecule has 0 aliphatic carbocycles. The zero-order valence-corrected chi connectivity index (χ0v) is 60.8. The fourth-order valence-electron chi connectivity index (χ4n) is 13.0. The van der Waals surface area contributed by atoms with Gasteiger partial charge in [0.1, 0.15) is 35.7 Å². The molecule has 3 saturated heterocycles. The van der Waals surface area contributed by atoms with Gasteiger partial charge in [-0.2, -0.15) is 35.3 Å². The molecule has 0 spiro atoms. The maximum Gasteiger partial charge on any atom is 0.317 e. The number of nitrogens with two attached hydrogens (primary N) is 1. The molecule has 2 aromatic rings. The molecule has 0 saturated carbocycles. The van der Waals surface area contributed by atoms with E-state index in [1.165, 1.54) is 35.3 Å². The summed E-state index contributed by atoms with van der Waals surface area (Å²) in [4.78, 5) is 185. The zero-order valence-electron chi connectivity index (χ0n) is 58.3. The number of aliphatic hydroxyl groups is 2. The topological polar surface area (TPSA) is 425 Å². The first kappa shape index (κ1) is 86.6. The minimum Gasteiger partial charge on any atom is -0.481 e. The van der Waals surface area contributed by atoms with Crippen molar-refractivity contribution in [1.82, 2.24) is 45.3 Å². The van der Waals surface area contributed by atoms with Gasteiger partial charge in [-0.15, -0.1) is 0 Å². The summed E-state index contributed by atoms with van der Waals surface area (Å²) >= 11 is 4.28. The van der Waals surface area contributed by atoms with Crippen LogP contribution < -0.4 is 21.7 Å². The van der Waals surface area contributed by atoms with Crippen molar-refractivity contribution in [2.24, 2.45) is 17.6 Å². The van der Waals surface area contributed by atoms with Crippen LogP contribution in [0.2, 0.25) is 0 Å². The number of carbonyl (C=O) groups is 13. The molecule has 0 aromatic heterocycles. The molecule has 0 radical (unpaired) electrons. The van der Waals surface area contributed by atoms with Crippen LogP contribution in [0.1, 0.15) is 127 Å². The number of nitrogens with one attached hydrogen (secondary N) is 3. The van der Waals surface area contributed by atoms with Gasteiger partial charge in [-0.3, -0.25) is 81.9 Å². The molecule has 4 aliphatic rings. The molecule has 2 aromatic carbocycles. The van der Waals surface area contributed by atoms with Crippen LogP contribution in [-0.2, 0) is 86.0 Å². The number of aliphatic carboxylic acids is 4. The highest BCUT2D eigenvalue weighted by Crippen LogP contribution is 2.31. The number of unbranched alkanes of at least 4 members (excludes halogenated alkanes) is 2. The Labute approximate surface area is 615 Å². The first-order chi connectivity index (χ1) is 48.7. The molecule has 29 nitrogen and oxygen atoms in total. The Morgan fingerprint density at radius 2 is 1.19 bits per heavy atom. The Kier molecular flexibility index (Phi) is 37.6. The van der Waals surface area contributed by atoms with E-state index in [4.69, 9.17) is 5.73 Å². The van der Waals surface area contributed by atoms with Gasteiger partial charge in [-0.25, -0.2) is 0 Å². The van der Waals surface area contributed by atoms with Gasteiger partial charge in [0.15, 0.2) is 5.78 Å². The number of carboxylic acid groups (broad SMARTS) is 4. The average Bonchev–Trinajstić information content (AvgIpc) is 1.66. The Morgan fingerprint density at radius 3 is 1.75 bits per heavy atom. The van der Waals surface area contributed by atoms with Crippen LogP contribution in [0.15, 0.2) is 48.5 Å². The fourth-order valence-corrected chi connectivity index (χ4v) is 16.1. The molecule has 0 unspecified atom stereocenters. The van der Waals surface area contributed by atoms with E-state index in [0.29, 0.717) is 55.2 Å². The number of rotatable bonds is 27. The lowest BCUT2D eigenvalue weighted by Gasteiger charge is -2.33. The quantitative estimate of drug-likeness (QED) is 0.0572. The first-order valence-electron chi connectivity index (χ1n) is 35.1. The predicted octanol–water partition coefficient (Wildman–Crippen LogP) is 1.97. The molecule has 11 N–H and O–H groups in total. The summed E-state index contributed by atoms with van der Waals surface area (Å²) in [7, 11) is 0.